The van der Waals surface area contributed by atoms with Crippen LogP contribution in [0.15, 0.2) is 34.2 Å². The average molecular weight is 467 g/mol. The summed E-state index contributed by atoms with van der Waals surface area (Å²) in [5.74, 6) is -1.32. The maximum atomic E-state index is 13.8. The molecule has 1 aliphatic carbocycles. The van der Waals surface area contributed by atoms with Crippen LogP contribution >= 0.6 is 0 Å². The van der Waals surface area contributed by atoms with Gasteiger partial charge in [0.25, 0.3) is 5.56 Å². The standard InChI is InChI=1S/C26H34N4O4/c1-2-34-28-24(26(32)33)23-25(31)30(22-14-7-6-13-21(22)27-23)20-15-18-11-8-12-19(16-20)29(18)17-9-4-3-5-10-17/h6-7,13-14,17-20H,2-5,8-12,15-16H2,1H3,(H,32,33)/b28-24-/t18-,19+,20?. The number of hydrogen-bond acceptors (Lipinski definition) is 6. The Morgan fingerprint density at radius 1 is 1.03 bits per heavy atom. The first kappa shape index (κ1) is 23.0. The molecule has 34 heavy (non-hydrogen) atoms. The molecule has 3 fully saturated rings. The van der Waals surface area contributed by atoms with Gasteiger partial charge in [-0.1, -0.05) is 43.0 Å². The highest BCUT2D eigenvalue weighted by Gasteiger charge is 2.43. The zero-order chi connectivity index (χ0) is 23.7. The van der Waals surface area contributed by atoms with Gasteiger partial charge in [-0.15, -0.1) is 0 Å². The molecule has 2 saturated heterocycles. The number of carboxylic acids is 1. The number of nitrogens with zero attached hydrogens (tertiary/aromatic N) is 4. The van der Waals surface area contributed by atoms with Crippen molar-refractivity contribution in [2.45, 2.75) is 95.3 Å². The van der Waals surface area contributed by atoms with E-state index in [1.807, 2.05) is 28.8 Å². The number of carbonyl (C=O) groups is 1. The summed E-state index contributed by atoms with van der Waals surface area (Å²) in [5, 5.41) is 13.5. The fourth-order valence-corrected chi connectivity index (χ4v) is 6.56. The first-order valence-corrected chi connectivity index (χ1v) is 12.8. The number of carboxylic acid groups (broad SMARTS) is 1. The molecular formula is C26H34N4O4. The summed E-state index contributed by atoms with van der Waals surface area (Å²) in [5.41, 5.74) is 0.369. The third-order valence-electron chi connectivity index (χ3n) is 7.87. The lowest BCUT2D eigenvalue weighted by molar-refractivity contribution is -0.129. The maximum Gasteiger partial charge on any atom is 0.360 e. The molecule has 8 heteroatoms. The van der Waals surface area contributed by atoms with Gasteiger partial charge in [0.1, 0.15) is 6.61 Å². The van der Waals surface area contributed by atoms with E-state index < -0.39 is 17.2 Å². The number of fused-ring (bicyclic) bond motifs is 3. The SMILES string of the molecule is CCO/N=C(\C(=O)O)c1nc2ccccc2n(C2C[C@H]3CCC[C@@H](C2)N3C2CCCCC2)c1=O. The summed E-state index contributed by atoms with van der Waals surface area (Å²) in [7, 11) is 0. The molecule has 1 N–H and O–H groups in total. The number of aromatic nitrogens is 2. The smallest absolute Gasteiger partial charge is 0.360 e. The van der Waals surface area contributed by atoms with Crippen LogP contribution in [-0.4, -0.2) is 56.0 Å². The van der Waals surface area contributed by atoms with Crippen molar-refractivity contribution >= 4 is 22.7 Å². The van der Waals surface area contributed by atoms with Crippen LogP contribution in [0, 0.1) is 0 Å². The number of oxime groups is 1. The fourth-order valence-electron chi connectivity index (χ4n) is 6.56. The van der Waals surface area contributed by atoms with Crippen molar-refractivity contribution in [3.8, 4) is 0 Å². The van der Waals surface area contributed by atoms with Gasteiger partial charge in [-0.3, -0.25) is 9.69 Å². The van der Waals surface area contributed by atoms with E-state index in [1.54, 1.807) is 6.92 Å². The molecule has 3 atom stereocenters. The molecule has 2 bridgehead atoms. The Kier molecular flexibility index (Phi) is 6.68. The Morgan fingerprint density at radius 2 is 1.71 bits per heavy atom. The summed E-state index contributed by atoms with van der Waals surface area (Å²) < 4.78 is 1.81. The van der Waals surface area contributed by atoms with Gasteiger partial charge in [0.05, 0.1) is 11.0 Å². The van der Waals surface area contributed by atoms with E-state index in [4.69, 9.17) is 4.84 Å². The van der Waals surface area contributed by atoms with Crippen molar-refractivity contribution in [3.05, 3.63) is 40.3 Å². The minimum absolute atomic E-state index is 0.0106. The van der Waals surface area contributed by atoms with Gasteiger partial charge in [0.2, 0.25) is 5.71 Å². The molecule has 1 aromatic heterocycles. The number of piperidine rings is 2. The summed E-state index contributed by atoms with van der Waals surface area (Å²) in [6.45, 7) is 1.93. The monoisotopic (exact) mass is 466 g/mol. The molecule has 3 heterocycles. The molecule has 0 amide bonds. The normalized spacial score (nSPS) is 26.5. The number of benzene rings is 1. The Balaban J connectivity index is 1.57. The van der Waals surface area contributed by atoms with E-state index >= 15 is 0 Å². The second kappa shape index (κ2) is 9.86. The number of rotatable bonds is 6. The van der Waals surface area contributed by atoms with E-state index in [1.165, 1.54) is 51.4 Å². The maximum absolute atomic E-state index is 13.8. The second-order valence-corrected chi connectivity index (χ2v) is 9.89. The number of hydrogen-bond donors (Lipinski definition) is 1. The molecule has 1 unspecified atom stereocenters. The van der Waals surface area contributed by atoms with Crippen LogP contribution in [0.25, 0.3) is 11.0 Å². The largest absolute Gasteiger partial charge is 0.476 e. The summed E-state index contributed by atoms with van der Waals surface area (Å²) in [6.07, 6.45) is 12.0. The highest BCUT2D eigenvalue weighted by molar-refractivity contribution is 6.41. The molecule has 182 valence electrons. The highest BCUT2D eigenvalue weighted by Crippen LogP contribution is 2.43. The van der Waals surface area contributed by atoms with E-state index in [0.717, 1.165) is 18.4 Å². The first-order valence-electron chi connectivity index (χ1n) is 12.8. The van der Waals surface area contributed by atoms with E-state index in [9.17, 15) is 14.7 Å². The lowest BCUT2D eigenvalue weighted by Crippen LogP contribution is -2.57. The van der Waals surface area contributed by atoms with Crippen LogP contribution in [0.5, 0.6) is 0 Å². The van der Waals surface area contributed by atoms with Crippen molar-refractivity contribution in [2.75, 3.05) is 6.61 Å². The quantitative estimate of drug-likeness (QED) is 0.508. The second-order valence-electron chi connectivity index (χ2n) is 9.89. The summed E-state index contributed by atoms with van der Waals surface area (Å²) in [6, 6.07) is 9.13. The highest BCUT2D eigenvalue weighted by atomic mass is 16.6. The third kappa shape index (κ3) is 4.24. The molecule has 1 aromatic carbocycles. The third-order valence-corrected chi connectivity index (χ3v) is 7.87. The minimum Gasteiger partial charge on any atom is -0.476 e. The first-order chi connectivity index (χ1) is 16.6. The molecule has 1 saturated carbocycles. The Bertz CT molecular complexity index is 1120. The molecule has 5 rings (SSSR count). The van der Waals surface area contributed by atoms with E-state index in [-0.39, 0.29) is 18.3 Å². The van der Waals surface area contributed by atoms with Gasteiger partial charge in [0.15, 0.2) is 5.69 Å². The molecule has 2 aromatic rings. The average Bonchev–Trinajstić information content (AvgIpc) is 2.84. The van der Waals surface area contributed by atoms with Crippen LogP contribution in [-0.2, 0) is 9.63 Å². The van der Waals surface area contributed by atoms with Gasteiger partial charge in [0, 0.05) is 24.2 Å². The minimum atomic E-state index is -1.32. The summed E-state index contributed by atoms with van der Waals surface area (Å²) >= 11 is 0. The lowest BCUT2D eigenvalue weighted by atomic mass is 9.78. The number of aliphatic carboxylic acids is 1. The van der Waals surface area contributed by atoms with Crippen LogP contribution in [0.3, 0.4) is 0 Å². The van der Waals surface area contributed by atoms with Gasteiger partial charge < -0.3 is 14.5 Å². The van der Waals surface area contributed by atoms with Crippen molar-refractivity contribution in [1.29, 1.82) is 0 Å². The van der Waals surface area contributed by atoms with Crippen molar-refractivity contribution in [1.82, 2.24) is 14.5 Å². The van der Waals surface area contributed by atoms with E-state index in [2.05, 4.69) is 15.0 Å². The predicted molar refractivity (Wildman–Crippen MR) is 130 cm³/mol. The van der Waals surface area contributed by atoms with Gasteiger partial charge in [-0.05, 0) is 57.6 Å². The molecule has 3 aliphatic rings. The van der Waals surface area contributed by atoms with Gasteiger partial charge in [-0.2, -0.15) is 0 Å². The Hall–Kier alpha value is -2.74. The van der Waals surface area contributed by atoms with Gasteiger partial charge >= 0.3 is 5.97 Å². The van der Waals surface area contributed by atoms with Crippen molar-refractivity contribution in [2.24, 2.45) is 5.16 Å². The molecule has 0 spiro atoms. The van der Waals surface area contributed by atoms with E-state index in [0.29, 0.717) is 23.6 Å². The number of para-hydroxylation sites is 2. The van der Waals surface area contributed by atoms with Crippen LogP contribution in [0.2, 0.25) is 0 Å². The summed E-state index contributed by atoms with van der Waals surface area (Å²) in [4.78, 5) is 38.0. The van der Waals surface area contributed by atoms with Crippen molar-refractivity contribution in [3.63, 3.8) is 0 Å². The molecular weight excluding hydrogens is 432 g/mol. The molecule has 2 aliphatic heterocycles. The Morgan fingerprint density at radius 3 is 2.38 bits per heavy atom. The van der Waals surface area contributed by atoms with Crippen LogP contribution in [0.1, 0.15) is 82.9 Å². The zero-order valence-corrected chi connectivity index (χ0v) is 19.9. The topological polar surface area (TPSA) is 97.0 Å². The lowest BCUT2D eigenvalue weighted by Gasteiger charge is -2.53. The van der Waals surface area contributed by atoms with Crippen LogP contribution in [0.4, 0.5) is 0 Å². The van der Waals surface area contributed by atoms with Gasteiger partial charge in [-0.25, -0.2) is 9.78 Å². The Labute approximate surface area is 199 Å². The fraction of sp³-hybridized carbons (Fsp3) is 0.615. The molecule has 8 nitrogen and oxygen atoms in total. The molecule has 0 radical (unpaired) electrons. The predicted octanol–water partition coefficient (Wildman–Crippen LogP) is 4.11. The van der Waals surface area contributed by atoms with Crippen LogP contribution < -0.4 is 5.56 Å². The zero-order valence-electron chi connectivity index (χ0n) is 19.9. The van der Waals surface area contributed by atoms with Crippen molar-refractivity contribution < 1.29 is 14.7 Å².